The van der Waals surface area contributed by atoms with Crippen LogP contribution in [0.4, 0.5) is 0 Å². The Hall–Kier alpha value is -2.65. The molecular formula is C18H19N5O. The zero-order valence-electron chi connectivity index (χ0n) is 13.6. The highest BCUT2D eigenvalue weighted by Gasteiger charge is 2.28. The number of ether oxygens (including phenoxy) is 1. The predicted octanol–water partition coefficient (Wildman–Crippen LogP) is 2.75. The quantitative estimate of drug-likeness (QED) is 0.774. The first kappa shape index (κ1) is 14.9. The van der Waals surface area contributed by atoms with Gasteiger partial charge in [-0.2, -0.15) is 5.26 Å². The molecule has 122 valence electrons. The van der Waals surface area contributed by atoms with Gasteiger partial charge in [0.05, 0.1) is 23.7 Å². The van der Waals surface area contributed by atoms with Gasteiger partial charge in [-0.15, -0.1) is 0 Å². The molecule has 1 fully saturated rings. The molecule has 0 aromatic carbocycles. The van der Waals surface area contributed by atoms with Gasteiger partial charge in [0, 0.05) is 17.0 Å². The first-order chi connectivity index (χ1) is 11.7. The molecule has 0 radical (unpaired) electrons. The number of fused-ring (bicyclic) bond motifs is 3. The molecule has 4 heterocycles. The van der Waals surface area contributed by atoms with Crippen molar-refractivity contribution < 1.29 is 4.74 Å². The number of nitrogens with one attached hydrogen (secondary N) is 2. The fraction of sp³-hybridized carbons (Fsp3) is 0.389. The average molecular weight is 321 g/mol. The maximum atomic E-state index is 9.11. The molecule has 1 aliphatic rings. The number of nitrogens with zero attached hydrogens (tertiary/aromatic N) is 3. The Balaban J connectivity index is 1.73. The highest BCUT2D eigenvalue weighted by Crippen LogP contribution is 2.34. The minimum Gasteiger partial charge on any atom is -0.492 e. The lowest BCUT2D eigenvalue weighted by molar-refractivity contribution is 0.124. The molecule has 1 saturated heterocycles. The van der Waals surface area contributed by atoms with E-state index in [-0.39, 0.29) is 5.41 Å². The third-order valence-electron chi connectivity index (χ3n) is 4.84. The van der Waals surface area contributed by atoms with E-state index < -0.39 is 0 Å². The lowest BCUT2D eigenvalue weighted by Gasteiger charge is -2.33. The van der Waals surface area contributed by atoms with E-state index in [1.54, 1.807) is 18.5 Å². The van der Waals surface area contributed by atoms with Crippen molar-refractivity contribution in [3.63, 3.8) is 0 Å². The molecule has 6 heteroatoms. The zero-order valence-corrected chi connectivity index (χ0v) is 13.6. The number of pyridine rings is 2. The van der Waals surface area contributed by atoms with Crippen LogP contribution in [-0.2, 0) is 0 Å². The summed E-state index contributed by atoms with van der Waals surface area (Å²) in [5, 5.41) is 14.3. The van der Waals surface area contributed by atoms with Crippen LogP contribution in [0.1, 0.15) is 25.5 Å². The lowest BCUT2D eigenvalue weighted by Crippen LogP contribution is -2.38. The van der Waals surface area contributed by atoms with Crippen molar-refractivity contribution in [2.24, 2.45) is 5.41 Å². The van der Waals surface area contributed by atoms with Crippen LogP contribution in [0, 0.1) is 16.7 Å². The van der Waals surface area contributed by atoms with E-state index in [0.29, 0.717) is 12.3 Å². The van der Waals surface area contributed by atoms with Gasteiger partial charge in [-0.25, -0.2) is 9.97 Å². The van der Waals surface area contributed by atoms with Gasteiger partial charge in [0.2, 0.25) is 0 Å². The van der Waals surface area contributed by atoms with Crippen molar-refractivity contribution in [3.8, 4) is 11.8 Å². The summed E-state index contributed by atoms with van der Waals surface area (Å²) >= 11 is 0. The molecule has 3 aromatic heterocycles. The number of aromatic amines is 1. The smallest absolute Gasteiger partial charge is 0.142 e. The molecule has 0 bridgehead atoms. The SMILES string of the molecule is CC1(COc2ccnc3[nH]c4cnc(C#N)cc4c23)CCNCC1. The fourth-order valence-electron chi connectivity index (χ4n) is 3.30. The van der Waals surface area contributed by atoms with Crippen molar-refractivity contribution in [1.82, 2.24) is 20.3 Å². The van der Waals surface area contributed by atoms with Gasteiger partial charge in [0.1, 0.15) is 23.2 Å². The van der Waals surface area contributed by atoms with E-state index in [1.165, 1.54) is 0 Å². The lowest BCUT2D eigenvalue weighted by atomic mass is 9.82. The summed E-state index contributed by atoms with van der Waals surface area (Å²) in [4.78, 5) is 11.7. The van der Waals surface area contributed by atoms with Crippen LogP contribution >= 0.6 is 0 Å². The van der Waals surface area contributed by atoms with Gasteiger partial charge in [-0.05, 0) is 38.1 Å². The zero-order chi connectivity index (χ0) is 16.6. The molecule has 0 unspecified atom stereocenters. The van der Waals surface area contributed by atoms with Gasteiger partial charge in [-0.3, -0.25) is 0 Å². The highest BCUT2D eigenvalue weighted by molar-refractivity contribution is 6.09. The molecule has 3 aromatic rings. The number of aromatic nitrogens is 3. The summed E-state index contributed by atoms with van der Waals surface area (Å²) in [6.07, 6.45) is 5.64. The standard InChI is InChI=1S/C18H19N5O/c1-18(3-6-20-7-4-18)11-24-15-2-5-21-17-16(15)13-8-12(9-19)22-10-14(13)23-17/h2,5,8,10,20H,3-4,6-7,11H2,1H3,(H,21,23). The summed E-state index contributed by atoms with van der Waals surface area (Å²) in [5.74, 6) is 0.807. The molecule has 0 aliphatic carbocycles. The molecule has 0 spiro atoms. The van der Waals surface area contributed by atoms with Crippen molar-refractivity contribution in [2.75, 3.05) is 19.7 Å². The Morgan fingerprint density at radius 2 is 2.17 bits per heavy atom. The van der Waals surface area contributed by atoms with Crippen LogP contribution in [0.3, 0.4) is 0 Å². The third kappa shape index (κ3) is 2.57. The summed E-state index contributed by atoms with van der Waals surface area (Å²) in [7, 11) is 0. The van der Waals surface area contributed by atoms with Crippen LogP contribution in [0.2, 0.25) is 0 Å². The topological polar surface area (TPSA) is 86.6 Å². The first-order valence-electron chi connectivity index (χ1n) is 8.19. The van der Waals surface area contributed by atoms with E-state index in [1.807, 2.05) is 6.07 Å². The second-order valence-electron chi connectivity index (χ2n) is 6.73. The normalized spacial score (nSPS) is 17.0. The number of hydrogen-bond donors (Lipinski definition) is 2. The molecular weight excluding hydrogens is 302 g/mol. The van der Waals surface area contributed by atoms with Gasteiger partial charge in [0.25, 0.3) is 0 Å². The van der Waals surface area contributed by atoms with Gasteiger partial charge >= 0.3 is 0 Å². The van der Waals surface area contributed by atoms with Gasteiger partial charge < -0.3 is 15.0 Å². The maximum absolute atomic E-state index is 9.11. The van der Waals surface area contributed by atoms with Crippen LogP contribution in [0.25, 0.3) is 21.9 Å². The second-order valence-corrected chi connectivity index (χ2v) is 6.73. The van der Waals surface area contributed by atoms with Crippen molar-refractivity contribution in [1.29, 1.82) is 5.26 Å². The Bertz CT molecular complexity index is 934. The minimum absolute atomic E-state index is 0.187. The van der Waals surface area contributed by atoms with Gasteiger partial charge in [0.15, 0.2) is 0 Å². The first-order valence-corrected chi connectivity index (χ1v) is 8.19. The molecule has 0 saturated carbocycles. The van der Waals surface area contributed by atoms with Crippen molar-refractivity contribution in [2.45, 2.75) is 19.8 Å². The number of hydrogen-bond acceptors (Lipinski definition) is 5. The molecule has 1 aliphatic heterocycles. The molecule has 24 heavy (non-hydrogen) atoms. The van der Waals surface area contributed by atoms with Crippen LogP contribution in [0.5, 0.6) is 5.75 Å². The Kier molecular flexibility index (Phi) is 3.58. The van der Waals surface area contributed by atoms with Gasteiger partial charge in [-0.1, -0.05) is 6.92 Å². The largest absolute Gasteiger partial charge is 0.492 e. The van der Waals surface area contributed by atoms with Crippen molar-refractivity contribution in [3.05, 3.63) is 30.2 Å². The fourth-order valence-corrected chi connectivity index (χ4v) is 3.30. The molecule has 0 atom stereocenters. The molecule has 4 rings (SSSR count). The predicted molar refractivity (Wildman–Crippen MR) is 91.8 cm³/mol. The summed E-state index contributed by atoms with van der Waals surface area (Å²) < 4.78 is 6.21. The summed E-state index contributed by atoms with van der Waals surface area (Å²) in [6.45, 7) is 5.03. The van der Waals surface area contributed by atoms with E-state index in [4.69, 9.17) is 10.00 Å². The maximum Gasteiger partial charge on any atom is 0.142 e. The number of rotatable bonds is 3. The minimum atomic E-state index is 0.187. The Morgan fingerprint density at radius 1 is 1.33 bits per heavy atom. The second kappa shape index (κ2) is 5.77. The summed E-state index contributed by atoms with van der Waals surface area (Å²) in [6, 6.07) is 5.77. The summed E-state index contributed by atoms with van der Waals surface area (Å²) in [5.41, 5.74) is 2.20. The molecule has 2 N–H and O–H groups in total. The average Bonchev–Trinajstić information content (AvgIpc) is 2.99. The van der Waals surface area contributed by atoms with E-state index in [0.717, 1.165) is 53.6 Å². The van der Waals surface area contributed by atoms with Crippen LogP contribution < -0.4 is 10.1 Å². The van der Waals surface area contributed by atoms with E-state index >= 15 is 0 Å². The van der Waals surface area contributed by atoms with Crippen LogP contribution in [0.15, 0.2) is 24.5 Å². The molecule has 6 nitrogen and oxygen atoms in total. The Labute approximate surface area is 139 Å². The van der Waals surface area contributed by atoms with E-state index in [2.05, 4.69) is 33.3 Å². The monoisotopic (exact) mass is 321 g/mol. The Morgan fingerprint density at radius 3 is 2.96 bits per heavy atom. The van der Waals surface area contributed by atoms with Crippen LogP contribution in [-0.4, -0.2) is 34.6 Å². The number of H-pyrrole nitrogens is 1. The number of piperidine rings is 1. The number of nitriles is 1. The molecule has 0 amide bonds. The highest BCUT2D eigenvalue weighted by atomic mass is 16.5. The van der Waals surface area contributed by atoms with E-state index in [9.17, 15) is 0 Å². The van der Waals surface area contributed by atoms with Crippen molar-refractivity contribution >= 4 is 21.9 Å². The third-order valence-corrected chi connectivity index (χ3v) is 4.84.